The molecule has 0 aliphatic heterocycles. The SMILES string of the molecule is OC(c1cc(Br)c(Cl)s1)c1cc(Cl)ccc1I. The van der Waals surface area contributed by atoms with Crippen molar-refractivity contribution in [3.63, 3.8) is 0 Å². The summed E-state index contributed by atoms with van der Waals surface area (Å²) in [6, 6.07) is 7.28. The van der Waals surface area contributed by atoms with Gasteiger partial charge in [0.25, 0.3) is 0 Å². The average molecular weight is 464 g/mol. The molecule has 0 aliphatic rings. The first kappa shape index (κ1) is 14.1. The molecule has 1 heterocycles. The number of hydrogen-bond acceptors (Lipinski definition) is 2. The molecular formula is C11H6BrCl2IOS. The summed E-state index contributed by atoms with van der Waals surface area (Å²) in [6.45, 7) is 0. The van der Waals surface area contributed by atoms with Gasteiger partial charge in [0, 0.05) is 23.5 Å². The van der Waals surface area contributed by atoms with Gasteiger partial charge in [0.2, 0.25) is 0 Å². The van der Waals surface area contributed by atoms with Gasteiger partial charge in [-0.25, -0.2) is 0 Å². The maximum Gasteiger partial charge on any atom is 0.114 e. The number of rotatable bonds is 2. The van der Waals surface area contributed by atoms with E-state index in [4.69, 9.17) is 23.2 Å². The highest BCUT2D eigenvalue weighted by atomic mass is 127. The first-order chi connectivity index (χ1) is 7.99. The monoisotopic (exact) mass is 462 g/mol. The smallest absolute Gasteiger partial charge is 0.114 e. The molecule has 0 aliphatic carbocycles. The highest BCUT2D eigenvalue weighted by molar-refractivity contribution is 14.1. The summed E-state index contributed by atoms with van der Waals surface area (Å²) in [5.74, 6) is 0. The van der Waals surface area contributed by atoms with Crippen LogP contribution in [0.2, 0.25) is 9.36 Å². The fraction of sp³-hybridized carbons (Fsp3) is 0.0909. The zero-order chi connectivity index (χ0) is 12.6. The normalized spacial score (nSPS) is 12.8. The van der Waals surface area contributed by atoms with Gasteiger partial charge >= 0.3 is 0 Å². The standard InChI is InChI=1S/C11H6BrCl2IOS/c12-7-4-9(17-11(7)14)10(16)6-3-5(13)1-2-8(6)15/h1-4,10,16H. The van der Waals surface area contributed by atoms with Crippen molar-refractivity contribution >= 4 is 73.1 Å². The van der Waals surface area contributed by atoms with E-state index in [2.05, 4.69) is 38.5 Å². The van der Waals surface area contributed by atoms with Crippen LogP contribution in [-0.4, -0.2) is 5.11 Å². The van der Waals surface area contributed by atoms with E-state index in [0.717, 1.165) is 18.5 Å². The molecule has 0 saturated heterocycles. The molecule has 0 saturated carbocycles. The Morgan fingerprint density at radius 1 is 1.29 bits per heavy atom. The van der Waals surface area contributed by atoms with E-state index in [0.29, 0.717) is 9.36 Å². The molecule has 17 heavy (non-hydrogen) atoms. The third kappa shape index (κ3) is 3.16. The van der Waals surface area contributed by atoms with Gasteiger partial charge < -0.3 is 5.11 Å². The highest BCUT2D eigenvalue weighted by Gasteiger charge is 2.17. The van der Waals surface area contributed by atoms with Gasteiger partial charge in [0.1, 0.15) is 10.4 Å². The second kappa shape index (κ2) is 5.75. The van der Waals surface area contributed by atoms with Gasteiger partial charge in [-0.1, -0.05) is 23.2 Å². The zero-order valence-electron chi connectivity index (χ0n) is 8.25. The van der Waals surface area contributed by atoms with Crippen molar-refractivity contribution in [3.05, 3.63) is 52.1 Å². The van der Waals surface area contributed by atoms with Gasteiger partial charge in [-0.05, 0) is 62.8 Å². The Labute approximate surface area is 135 Å². The number of aliphatic hydroxyl groups excluding tert-OH is 1. The van der Waals surface area contributed by atoms with E-state index >= 15 is 0 Å². The fourth-order valence-electron chi connectivity index (χ4n) is 1.38. The van der Waals surface area contributed by atoms with Crippen molar-refractivity contribution < 1.29 is 5.11 Å². The molecule has 0 bridgehead atoms. The van der Waals surface area contributed by atoms with Gasteiger partial charge in [-0.15, -0.1) is 11.3 Å². The molecule has 1 atom stereocenters. The van der Waals surface area contributed by atoms with Crippen molar-refractivity contribution in [2.45, 2.75) is 6.10 Å². The lowest BCUT2D eigenvalue weighted by atomic mass is 10.1. The van der Waals surface area contributed by atoms with Gasteiger partial charge in [0.05, 0.1) is 0 Å². The minimum absolute atomic E-state index is 0.612. The molecule has 1 unspecified atom stereocenters. The molecule has 2 rings (SSSR count). The second-order valence-electron chi connectivity index (χ2n) is 3.34. The van der Waals surface area contributed by atoms with Crippen molar-refractivity contribution in [1.29, 1.82) is 0 Å². The lowest BCUT2D eigenvalue weighted by Crippen LogP contribution is -1.99. The second-order valence-corrected chi connectivity index (χ2v) is 7.48. The lowest BCUT2D eigenvalue weighted by Gasteiger charge is -2.11. The van der Waals surface area contributed by atoms with Crippen molar-refractivity contribution in [3.8, 4) is 0 Å². The minimum atomic E-state index is -0.700. The third-order valence-electron chi connectivity index (χ3n) is 2.19. The van der Waals surface area contributed by atoms with Crippen LogP contribution < -0.4 is 0 Å². The molecule has 1 nitrogen and oxygen atoms in total. The Hall–Kier alpha value is 0.670. The molecule has 0 spiro atoms. The van der Waals surface area contributed by atoms with E-state index in [-0.39, 0.29) is 0 Å². The number of hydrogen-bond donors (Lipinski definition) is 1. The Kier molecular flexibility index (Phi) is 4.77. The van der Waals surface area contributed by atoms with Crippen LogP contribution in [0.3, 0.4) is 0 Å². The Bertz CT molecular complexity index is 539. The predicted molar refractivity (Wildman–Crippen MR) is 85.3 cm³/mol. The first-order valence-corrected chi connectivity index (χ1v) is 8.01. The summed E-state index contributed by atoms with van der Waals surface area (Å²) in [7, 11) is 0. The van der Waals surface area contributed by atoms with Crippen LogP contribution in [0.1, 0.15) is 16.5 Å². The molecule has 2 aromatic rings. The van der Waals surface area contributed by atoms with Gasteiger partial charge in [0.15, 0.2) is 0 Å². The van der Waals surface area contributed by atoms with Crippen LogP contribution in [0.15, 0.2) is 28.7 Å². The maximum atomic E-state index is 10.3. The number of benzene rings is 1. The minimum Gasteiger partial charge on any atom is -0.383 e. The van der Waals surface area contributed by atoms with Gasteiger partial charge in [-0.3, -0.25) is 0 Å². The molecule has 1 aromatic heterocycles. The van der Waals surface area contributed by atoms with Crippen LogP contribution in [0.25, 0.3) is 0 Å². The first-order valence-electron chi connectivity index (χ1n) is 4.57. The van der Waals surface area contributed by atoms with Crippen LogP contribution >= 0.6 is 73.1 Å². The number of halogens is 4. The summed E-state index contributed by atoms with van der Waals surface area (Å²) in [5.41, 5.74) is 0.795. The van der Waals surface area contributed by atoms with Crippen molar-refractivity contribution in [2.75, 3.05) is 0 Å². The summed E-state index contributed by atoms with van der Waals surface area (Å²) < 4.78 is 2.41. The van der Waals surface area contributed by atoms with Crippen LogP contribution in [0.5, 0.6) is 0 Å². The number of aliphatic hydroxyl groups is 1. The van der Waals surface area contributed by atoms with Crippen molar-refractivity contribution in [2.24, 2.45) is 0 Å². The summed E-state index contributed by atoms with van der Waals surface area (Å²) >= 11 is 18.8. The molecule has 6 heteroatoms. The quantitative estimate of drug-likeness (QED) is 0.583. The Morgan fingerprint density at radius 3 is 2.59 bits per heavy atom. The van der Waals surface area contributed by atoms with E-state index in [1.807, 2.05) is 12.1 Å². The largest absolute Gasteiger partial charge is 0.383 e. The summed E-state index contributed by atoms with van der Waals surface area (Å²) in [5, 5.41) is 10.9. The molecule has 1 aromatic carbocycles. The zero-order valence-corrected chi connectivity index (χ0v) is 14.3. The van der Waals surface area contributed by atoms with Crippen LogP contribution in [-0.2, 0) is 0 Å². The molecule has 0 radical (unpaired) electrons. The molecule has 0 amide bonds. The predicted octanol–water partition coefficient (Wildman–Crippen LogP) is 5.50. The topological polar surface area (TPSA) is 20.2 Å². The highest BCUT2D eigenvalue weighted by Crippen LogP contribution is 2.38. The molecule has 0 fully saturated rings. The average Bonchev–Trinajstić information content (AvgIpc) is 2.62. The Morgan fingerprint density at radius 2 is 2.00 bits per heavy atom. The maximum absolute atomic E-state index is 10.3. The van der Waals surface area contributed by atoms with E-state index in [9.17, 15) is 5.11 Å². The van der Waals surface area contributed by atoms with Crippen LogP contribution in [0.4, 0.5) is 0 Å². The molecule has 90 valence electrons. The van der Waals surface area contributed by atoms with E-state index in [1.54, 1.807) is 12.1 Å². The lowest BCUT2D eigenvalue weighted by molar-refractivity contribution is 0.223. The number of thiophene rings is 1. The van der Waals surface area contributed by atoms with Crippen LogP contribution in [0, 0.1) is 3.57 Å². The fourth-order valence-corrected chi connectivity index (χ4v) is 3.93. The molecular weight excluding hydrogens is 458 g/mol. The van der Waals surface area contributed by atoms with Crippen molar-refractivity contribution in [1.82, 2.24) is 0 Å². The van der Waals surface area contributed by atoms with Gasteiger partial charge in [-0.2, -0.15) is 0 Å². The molecule has 1 N–H and O–H groups in total. The third-order valence-corrected chi connectivity index (χ3v) is 5.93. The summed E-state index contributed by atoms with van der Waals surface area (Å²) in [6.07, 6.45) is -0.700. The van der Waals surface area contributed by atoms with E-state index in [1.165, 1.54) is 11.3 Å². The summed E-state index contributed by atoms with van der Waals surface area (Å²) in [4.78, 5) is 0.794. The van der Waals surface area contributed by atoms with E-state index < -0.39 is 6.10 Å². The Balaban J connectivity index is 2.42.